The zero-order valence-corrected chi connectivity index (χ0v) is 8.07. The third kappa shape index (κ3) is 1.10. The van der Waals surface area contributed by atoms with E-state index in [4.69, 9.17) is 4.42 Å². The minimum absolute atomic E-state index is 0.995. The molecular weight excluding hydrogens is 174 g/mol. The Morgan fingerprint density at radius 3 is 2.79 bits per heavy atom. The van der Waals surface area contributed by atoms with E-state index in [-0.39, 0.29) is 0 Å². The standard InChI is InChI=1S/C12H13NO/c1-2-8-13(7-1)11-6-9-14-12-5-3-4-10(11)12/h3-6,9H,1-2,7-8H2. The third-order valence-electron chi connectivity index (χ3n) is 2.92. The molecule has 0 aromatic heterocycles. The minimum Gasteiger partial charge on any atom is -0.464 e. The lowest BCUT2D eigenvalue weighted by Gasteiger charge is -2.19. The van der Waals surface area contributed by atoms with E-state index in [0.717, 1.165) is 5.76 Å². The maximum absolute atomic E-state index is 5.43. The van der Waals surface area contributed by atoms with Crippen molar-refractivity contribution in [2.75, 3.05) is 18.0 Å². The van der Waals surface area contributed by atoms with Gasteiger partial charge in [0.2, 0.25) is 0 Å². The Morgan fingerprint density at radius 1 is 1.07 bits per heavy atom. The fourth-order valence-corrected chi connectivity index (χ4v) is 2.21. The Bertz CT molecular complexity index is 401. The number of nitrogens with zero attached hydrogens (tertiary/aromatic N) is 1. The van der Waals surface area contributed by atoms with Crippen LogP contribution in [-0.4, -0.2) is 13.1 Å². The van der Waals surface area contributed by atoms with Crippen LogP contribution in [0.2, 0.25) is 0 Å². The molecule has 2 heterocycles. The maximum Gasteiger partial charge on any atom is 0.135 e. The zero-order valence-electron chi connectivity index (χ0n) is 8.07. The molecule has 2 heteroatoms. The Labute approximate surface area is 83.5 Å². The summed E-state index contributed by atoms with van der Waals surface area (Å²) in [6.45, 7) is 2.37. The second-order valence-corrected chi connectivity index (χ2v) is 3.80. The molecule has 2 nitrogen and oxygen atoms in total. The first-order valence-electron chi connectivity index (χ1n) is 5.16. The molecule has 0 aromatic rings. The number of anilines is 1. The zero-order chi connectivity index (χ0) is 9.38. The molecule has 1 saturated heterocycles. The van der Waals surface area contributed by atoms with Crippen LogP contribution in [0.25, 0.3) is 11.3 Å². The number of hydrogen-bond acceptors (Lipinski definition) is 2. The van der Waals surface area contributed by atoms with Gasteiger partial charge in [-0.05, 0) is 31.0 Å². The van der Waals surface area contributed by atoms with Crippen LogP contribution >= 0.6 is 0 Å². The van der Waals surface area contributed by atoms with Gasteiger partial charge >= 0.3 is 0 Å². The van der Waals surface area contributed by atoms with Gasteiger partial charge in [0.05, 0.1) is 12.0 Å². The average Bonchev–Trinajstić information content (AvgIpc) is 2.88. The largest absolute Gasteiger partial charge is 0.464 e. The predicted octanol–water partition coefficient (Wildman–Crippen LogP) is 2.98. The molecule has 0 spiro atoms. The minimum atomic E-state index is 0.995. The monoisotopic (exact) mass is 187 g/mol. The molecule has 14 heavy (non-hydrogen) atoms. The Kier molecular flexibility index (Phi) is 1.72. The van der Waals surface area contributed by atoms with Crippen molar-refractivity contribution in [2.45, 2.75) is 12.8 Å². The molecule has 0 amide bonds. The fraction of sp³-hybridized carbons (Fsp3) is 0.333. The van der Waals surface area contributed by atoms with Crippen LogP contribution in [0.5, 0.6) is 0 Å². The molecule has 0 saturated carbocycles. The molecule has 1 fully saturated rings. The molecule has 2 aliphatic heterocycles. The van der Waals surface area contributed by atoms with Gasteiger partial charge in [-0.1, -0.05) is 6.07 Å². The number of hydrogen-bond donors (Lipinski definition) is 0. The number of fused-ring (bicyclic) bond motifs is 1. The quantitative estimate of drug-likeness (QED) is 0.682. The molecular formula is C12H13NO. The van der Waals surface area contributed by atoms with Crippen molar-refractivity contribution in [3.8, 4) is 11.3 Å². The van der Waals surface area contributed by atoms with Crippen molar-refractivity contribution >= 4 is 5.69 Å². The van der Waals surface area contributed by atoms with Gasteiger partial charge in [0.15, 0.2) is 0 Å². The second-order valence-electron chi connectivity index (χ2n) is 3.80. The summed E-state index contributed by atoms with van der Waals surface area (Å²) in [5.74, 6) is 0.995. The first kappa shape index (κ1) is 7.92. The number of rotatable bonds is 1. The van der Waals surface area contributed by atoms with Gasteiger partial charge in [0.25, 0.3) is 0 Å². The SMILES string of the molecule is c1cc2occc(N3CCCC3)c-2c1. The Hall–Kier alpha value is -1.44. The summed E-state index contributed by atoms with van der Waals surface area (Å²) in [5, 5.41) is 0. The summed E-state index contributed by atoms with van der Waals surface area (Å²) >= 11 is 0. The van der Waals surface area contributed by atoms with Crippen LogP contribution in [0, 0.1) is 0 Å². The predicted molar refractivity (Wildman–Crippen MR) is 56.8 cm³/mol. The third-order valence-corrected chi connectivity index (χ3v) is 2.92. The van der Waals surface area contributed by atoms with E-state index in [0.29, 0.717) is 0 Å². The van der Waals surface area contributed by atoms with Gasteiger partial charge in [0, 0.05) is 18.7 Å². The summed E-state index contributed by atoms with van der Waals surface area (Å²) < 4.78 is 5.43. The molecule has 72 valence electrons. The van der Waals surface area contributed by atoms with Crippen molar-refractivity contribution < 1.29 is 4.42 Å². The molecule has 0 atom stereocenters. The van der Waals surface area contributed by atoms with Gasteiger partial charge < -0.3 is 9.32 Å². The summed E-state index contributed by atoms with van der Waals surface area (Å²) in [4.78, 5) is 2.44. The van der Waals surface area contributed by atoms with E-state index in [1.54, 1.807) is 6.26 Å². The summed E-state index contributed by atoms with van der Waals surface area (Å²) in [6, 6.07) is 8.28. The Balaban J connectivity index is 2.08. The first-order valence-corrected chi connectivity index (χ1v) is 5.16. The van der Waals surface area contributed by atoms with Crippen molar-refractivity contribution in [2.24, 2.45) is 0 Å². The lowest BCUT2D eigenvalue weighted by molar-refractivity contribution is 0.566. The lowest BCUT2D eigenvalue weighted by atomic mass is 10.2. The summed E-state index contributed by atoms with van der Waals surface area (Å²) in [7, 11) is 0. The van der Waals surface area contributed by atoms with Crippen molar-refractivity contribution in [3.63, 3.8) is 0 Å². The van der Waals surface area contributed by atoms with Crippen molar-refractivity contribution in [1.82, 2.24) is 0 Å². The van der Waals surface area contributed by atoms with E-state index < -0.39 is 0 Å². The highest BCUT2D eigenvalue weighted by Gasteiger charge is 2.18. The first-order chi connectivity index (χ1) is 6.95. The van der Waals surface area contributed by atoms with Gasteiger partial charge in [0.1, 0.15) is 5.76 Å². The Morgan fingerprint density at radius 2 is 1.93 bits per heavy atom. The molecule has 3 aliphatic rings. The van der Waals surface area contributed by atoms with Crippen LogP contribution in [0.4, 0.5) is 5.69 Å². The van der Waals surface area contributed by atoms with Gasteiger partial charge in [-0.15, -0.1) is 0 Å². The van der Waals surface area contributed by atoms with Gasteiger partial charge in [-0.2, -0.15) is 0 Å². The van der Waals surface area contributed by atoms with Gasteiger partial charge in [-0.3, -0.25) is 0 Å². The molecule has 0 radical (unpaired) electrons. The molecule has 0 aromatic carbocycles. The van der Waals surface area contributed by atoms with Crippen molar-refractivity contribution in [3.05, 3.63) is 30.5 Å². The fourth-order valence-electron chi connectivity index (χ4n) is 2.21. The van der Waals surface area contributed by atoms with Crippen LogP contribution in [-0.2, 0) is 0 Å². The van der Waals surface area contributed by atoms with Crippen LogP contribution < -0.4 is 4.90 Å². The average molecular weight is 187 g/mol. The summed E-state index contributed by atoms with van der Waals surface area (Å²) in [5.41, 5.74) is 2.57. The van der Waals surface area contributed by atoms with E-state index >= 15 is 0 Å². The van der Waals surface area contributed by atoms with E-state index in [2.05, 4.69) is 17.0 Å². The highest BCUT2D eigenvalue weighted by atomic mass is 16.3. The molecule has 1 aliphatic carbocycles. The maximum atomic E-state index is 5.43. The van der Waals surface area contributed by atoms with E-state index in [1.807, 2.05) is 12.1 Å². The molecule has 3 rings (SSSR count). The molecule has 0 unspecified atom stereocenters. The second kappa shape index (κ2) is 3.05. The topological polar surface area (TPSA) is 16.4 Å². The van der Waals surface area contributed by atoms with Gasteiger partial charge in [-0.25, -0.2) is 0 Å². The lowest BCUT2D eigenvalue weighted by Crippen LogP contribution is -2.18. The van der Waals surface area contributed by atoms with E-state index in [1.165, 1.54) is 37.2 Å². The molecule has 0 N–H and O–H groups in total. The van der Waals surface area contributed by atoms with Crippen LogP contribution in [0.1, 0.15) is 12.8 Å². The van der Waals surface area contributed by atoms with Crippen LogP contribution in [0.15, 0.2) is 34.9 Å². The normalized spacial score (nSPS) is 16.7. The highest BCUT2D eigenvalue weighted by molar-refractivity contribution is 5.77. The van der Waals surface area contributed by atoms with Crippen molar-refractivity contribution in [1.29, 1.82) is 0 Å². The summed E-state index contributed by atoms with van der Waals surface area (Å²) in [6.07, 6.45) is 4.42. The van der Waals surface area contributed by atoms with Crippen LogP contribution in [0.3, 0.4) is 0 Å². The highest BCUT2D eigenvalue weighted by Crippen LogP contribution is 2.34. The molecule has 0 bridgehead atoms. The smallest absolute Gasteiger partial charge is 0.135 e. The van der Waals surface area contributed by atoms with E-state index in [9.17, 15) is 0 Å².